The Hall–Kier alpha value is -2.69. The van der Waals surface area contributed by atoms with E-state index in [1.807, 2.05) is 12.1 Å². The molecule has 2 N–H and O–H groups in total. The molecule has 5 nitrogen and oxygen atoms in total. The van der Waals surface area contributed by atoms with E-state index in [-0.39, 0.29) is 11.8 Å². The molecule has 1 fully saturated rings. The largest absolute Gasteiger partial charge is 0.349 e. The van der Waals surface area contributed by atoms with Crippen LogP contribution in [0.25, 0.3) is 0 Å². The Morgan fingerprint density at radius 1 is 0.955 bits per heavy atom. The minimum atomic E-state index is -0.161. The van der Waals surface area contributed by atoms with E-state index in [0.29, 0.717) is 23.7 Å². The van der Waals surface area contributed by atoms with Gasteiger partial charge < -0.3 is 10.6 Å². The molecule has 1 heterocycles. The molecule has 22 heavy (non-hydrogen) atoms. The van der Waals surface area contributed by atoms with Gasteiger partial charge in [0.25, 0.3) is 11.8 Å². The van der Waals surface area contributed by atoms with Crippen LogP contribution in [0, 0.1) is 0 Å². The molecule has 0 aliphatic heterocycles. The lowest BCUT2D eigenvalue weighted by molar-refractivity contribution is 0.0939. The van der Waals surface area contributed by atoms with Crippen LogP contribution in [0.3, 0.4) is 0 Å². The number of nitrogens with zero attached hydrogens (tertiary/aromatic N) is 1. The first-order chi connectivity index (χ1) is 10.7. The smallest absolute Gasteiger partial charge is 0.251 e. The minimum Gasteiger partial charge on any atom is -0.349 e. The fourth-order valence-corrected chi connectivity index (χ4v) is 2.05. The molecule has 3 rings (SSSR count). The lowest BCUT2D eigenvalue weighted by Crippen LogP contribution is -2.26. The molecule has 0 bridgehead atoms. The molecule has 0 unspecified atom stereocenters. The molecule has 1 saturated carbocycles. The van der Waals surface area contributed by atoms with Gasteiger partial charge in [0.15, 0.2) is 0 Å². The van der Waals surface area contributed by atoms with Crippen molar-refractivity contribution in [3.63, 3.8) is 0 Å². The van der Waals surface area contributed by atoms with Gasteiger partial charge in [-0.15, -0.1) is 0 Å². The van der Waals surface area contributed by atoms with Crippen LogP contribution >= 0.6 is 0 Å². The van der Waals surface area contributed by atoms with Crippen molar-refractivity contribution in [1.82, 2.24) is 15.6 Å². The van der Waals surface area contributed by atoms with Crippen LogP contribution in [0.2, 0.25) is 0 Å². The Kier molecular flexibility index (Phi) is 4.14. The SMILES string of the molecule is O=C(NCc1ccncc1)c1ccc(C(=O)NC2CC2)cc1. The average molecular weight is 295 g/mol. The molecule has 2 aromatic rings. The number of benzene rings is 1. The van der Waals surface area contributed by atoms with E-state index in [1.54, 1.807) is 36.7 Å². The predicted octanol–water partition coefficient (Wildman–Crippen LogP) is 1.90. The molecule has 2 amide bonds. The lowest BCUT2D eigenvalue weighted by Gasteiger charge is -2.07. The zero-order chi connectivity index (χ0) is 15.4. The lowest BCUT2D eigenvalue weighted by atomic mass is 10.1. The Balaban J connectivity index is 1.57. The van der Waals surface area contributed by atoms with Gasteiger partial charge in [0, 0.05) is 36.1 Å². The summed E-state index contributed by atoms with van der Waals surface area (Å²) in [6.07, 6.45) is 5.49. The monoisotopic (exact) mass is 295 g/mol. The summed E-state index contributed by atoms with van der Waals surface area (Å²) in [4.78, 5) is 27.9. The summed E-state index contributed by atoms with van der Waals surface area (Å²) in [5.41, 5.74) is 2.11. The quantitative estimate of drug-likeness (QED) is 0.885. The van der Waals surface area contributed by atoms with Crippen LogP contribution in [0.5, 0.6) is 0 Å². The van der Waals surface area contributed by atoms with Crippen molar-refractivity contribution in [2.75, 3.05) is 0 Å². The van der Waals surface area contributed by atoms with E-state index >= 15 is 0 Å². The second kappa shape index (κ2) is 6.39. The van der Waals surface area contributed by atoms with Crippen LogP contribution in [0.4, 0.5) is 0 Å². The Morgan fingerprint density at radius 2 is 1.55 bits per heavy atom. The molecular formula is C17H17N3O2. The summed E-state index contributed by atoms with van der Waals surface area (Å²) in [5, 5.41) is 5.76. The number of carbonyl (C=O) groups is 2. The molecule has 1 aromatic carbocycles. The first-order valence-corrected chi connectivity index (χ1v) is 7.30. The topological polar surface area (TPSA) is 71.1 Å². The molecule has 0 spiro atoms. The van der Waals surface area contributed by atoms with Crippen LogP contribution in [-0.4, -0.2) is 22.8 Å². The van der Waals surface area contributed by atoms with Crippen LogP contribution in [0.15, 0.2) is 48.8 Å². The van der Waals surface area contributed by atoms with Crippen LogP contribution in [0.1, 0.15) is 39.1 Å². The summed E-state index contributed by atoms with van der Waals surface area (Å²) in [6.45, 7) is 0.450. The molecule has 1 aliphatic carbocycles. The number of pyridine rings is 1. The number of nitrogens with one attached hydrogen (secondary N) is 2. The number of rotatable bonds is 5. The predicted molar refractivity (Wildman–Crippen MR) is 82.3 cm³/mol. The van der Waals surface area contributed by atoms with Crippen molar-refractivity contribution < 1.29 is 9.59 Å². The molecule has 112 valence electrons. The van der Waals surface area contributed by atoms with Gasteiger partial charge >= 0.3 is 0 Å². The van der Waals surface area contributed by atoms with E-state index < -0.39 is 0 Å². The van der Waals surface area contributed by atoms with Crippen LogP contribution < -0.4 is 10.6 Å². The maximum absolute atomic E-state index is 12.1. The Bertz CT molecular complexity index is 664. The first-order valence-electron chi connectivity index (χ1n) is 7.30. The molecule has 1 aromatic heterocycles. The summed E-state index contributed by atoms with van der Waals surface area (Å²) >= 11 is 0. The van der Waals surface area contributed by atoms with Crippen molar-refractivity contribution in [3.8, 4) is 0 Å². The molecule has 0 radical (unpaired) electrons. The number of carbonyl (C=O) groups excluding carboxylic acids is 2. The third-order valence-electron chi connectivity index (χ3n) is 3.52. The van der Waals surface area contributed by atoms with Gasteiger partial charge in [-0.05, 0) is 54.8 Å². The van der Waals surface area contributed by atoms with Gasteiger partial charge in [-0.3, -0.25) is 14.6 Å². The maximum atomic E-state index is 12.1. The summed E-state index contributed by atoms with van der Waals surface area (Å²) in [7, 11) is 0. The summed E-state index contributed by atoms with van der Waals surface area (Å²) in [5.74, 6) is -0.239. The summed E-state index contributed by atoms with van der Waals surface area (Å²) in [6, 6.07) is 10.7. The van der Waals surface area contributed by atoms with E-state index in [2.05, 4.69) is 15.6 Å². The fraction of sp³-hybridized carbons (Fsp3) is 0.235. The van der Waals surface area contributed by atoms with E-state index in [9.17, 15) is 9.59 Å². The van der Waals surface area contributed by atoms with Gasteiger partial charge in [0.05, 0.1) is 0 Å². The number of hydrogen-bond acceptors (Lipinski definition) is 3. The van der Waals surface area contributed by atoms with Gasteiger partial charge in [0.2, 0.25) is 0 Å². The minimum absolute atomic E-state index is 0.0776. The van der Waals surface area contributed by atoms with Gasteiger partial charge in [-0.1, -0.05) is 0 Å². The van der Waals surface area contributed by atoms with Crippen molar-refractivity contribution in [2.24, 2.45) is 0 Å². The average Bonchev–Trinajstić information content (AvgIpc) is 3.37. The third kappa shape index (κ3) is 3.69. The van der Waals surface area contributed by atoms with E-state index in [0.717, 1.165) is 18.4 Å². The maximum Gasteiger partial charge on any atom is 0.251 e. The van der Waals surface area contributed by atoms with Crippen molar-refractivity contribution in [3.05, 3.63) is 65.5 Å². The number of amides is 2. The van der Waals surface area contributed by atoms with Crippen molar-refractivity contribution in [1.29, 1.82) is 0 Å². The molecule has 5 heteroatoms. The number of aromatic nitrogens is 1. The molecular weight excluding hydrogens is 278 g/mol. The summed E-state index contributed by atoms with van der Waals surface area (Å²) < 4.78 is 0. The van der Waals surface area contributed by atoms with Gasteiger partial charge in [0.1, 0.15) is 0 Å². The van der Waals surface area contributed by atoms with Crippen molar-refractivity contribution >= 4 is 11.8 Å². The zero-order valence-corrected chi connectivity index (χ0v) is 12.1. The second-order valence-corrected chi connectivity index (χ2v) is 5.36. The molecule has 0 saturated heterocycles. The highest BCUT2D eigenvalue weighted by atomic mass is 16.2. The van der Waals surface area contributed by atoms with Gasteiger partial charge in [-0.2, -0.15) is 0 Å². The molecule has 0 atom stereocenters. The highest BCUT2D eigenvalue weighted by Crippen LogP contribution is 2.19. The first kappa shape index (κ1) is 14.3. The highest BCUT2D eigenvalue weighted by molar-refractivity contribution is 5.97. The standard InChI is InChI=1S/C17H17N3O2/c21-16(19-11-12-7-9-18-10-8-12)13-1-3-14(4-2-13)17(22)20-15-5-6-15/h1-4,7-10,15H,5-6,11H2,(H,19,21)(H,20,22). The van der Waals surface area contributed by atoms with E-state index in [4.69, 9.17) is 0 Å². The van der Waals surface area contributed by atoms with Crippen LogP contribution in [-0.2, 0) is 6.54 Å². The molecule has 1 aliphatic rings. The van der Waals surface area contributed by atoms with Gasteiger partial charge in [-0.25, -0.2) is 0 Å². The normalized spacial score (nSPS) is 13.5. The number of hydrogen-bond donors (Lipinski definition) is 2. The Morgan fingerprint density at radius 3 is 2.14 bits per heavy atom. The zero-order valence-electron chi connectivity index (χ0n) is 12.1. The van der Waals surface area contributed by atoms with Crippen molar-refractivity contribution in [2.45, 2.75) is 25.4 Å². The second-order valence-electron chi connectivity index (χ2n) is 5.36. The highest BCUT2D eigenvalue weighted by Gasteiger charge is 2.23. The van der Waals surface area contributed by atoms with E-state index in [1.165, 1.54) is 0 Å². The Labute approximate surface area is 128 Å². The fourth-order valence-electron chi connectivity index (χ4n) is 2.05. The third-order valence-corrected chi connectivity index (χ3v) is 3.52.